The van der Waals surface area contributed by atoms with Crippen molar-refractivity contribution in [1.29, 1.82) is 0 Å². The van der Waals surface area contributed by atoms with Crippen molar-refractivity contribution in [3.8, 4) is 5.75 Å². The average Bonchev–Trinajstić information content (AvgIpc) is 2.73. The summed E-state index contributed by atoms with van der Waals surface area (Å²) in [6.07, 6.45) is 4.12. The van der Waals surface area contributed by atoms with Crippen LogP contribution in [0.5, 0.6) is 5.75 Å². The molecule has 1 fully saturated rings. The molecule has 1 saturated heterocycles. The summed E-state index contributed by atoms with van der Waals surface area (Å²) in [5, 5.41) is 2.93. The minimum Gasteiger partial charge on any atom is -0.410 e. The van der Waals surface area contributed by atoms with E-state index in [9.17, 15) is 9.59 Å². The van der Waals surface area contributed by atoms with E-state index in [1.165, 1.54) is 0 Å². The summed E-state index contributed by atoms with van der Waals surface area (Å²) < 4.78 is 5.55. The highest BCUT2D eigenvalue weighted by Crippen LogP contribution is 2.20. The molecule has 0 bridgehead atoms. The fourth-order valence-corrected chi connectivity index (χ4v) is 3.49. The topological polar surface area (TPSA) is 74.8 Å². The van der Waals surface area contributed by atoms with Crippen molar-refractivity contribution in [3.05, 3.63) is 54.4 Å². The molecule has 0 radical (unpaired) electrons. The second kappa shape index (κ2) is 9.81. The van der Waals surface area contributed by atoms with Gasteiger partial charge in [-0.1, -0.05) is 20.8 Å². The molecule has 1 aliphatic rings. The van der Waals surface area contributed by atoms with Crippen LogP contribution in [0.4, 0.5) is 10.5 Å². The van der Waals surface area contributed by atoms with Crippen LogP contribution in [0.2, 0.25) is 0 Å². The summed E-state index contributed by atoms with van der Waals surface area (Å²) in [4.78, 5) is 33.1. The molecule has 0 aliphatic carbocycles. The zero-order valence-electron chi connectivity index (χ0n) is 18.8. The lowest BCUT2D eigenvalue weighted by Gasteiger charge is -2.40. The van der Waals surface area contributed by atoms with Gasteiger partial charge in [0.2, 0.25) is 0 Å². The summed E-state index contributed by atoms with van der Waals surface area (Å²) in [7, 11) is 0. The van der Waals surface area contributed by atoms with Crippen molar-refractivity contribution in [2.45, 2.75) is 40.2 Å². The predicted octanol–water partition coefficient (Wildman–Crippen LogP) is 3.96. The molecule has 1 unspecified atom stereocenters. The Hall–Kier alpha value is -3.09. The number of anilines is 1. The minimum atomic E-state index is -0.374. The fourth-order valence-electron chi connectivity index (χ4n) is 3.49. The van der Waals surface area contributed by atoms with Crippen LogP contribution in [-0.4, -0.2) is 54.1 Å². The summed E-state index contributed by atoms with van der Waals surface area (Å²) in [6, 6.07) is 10.6. The second-order valence-corrected chi connectivity index (χ2v) is 9.16. The number of piperazine rings is 1. The molecule has 0 saturated carbocycles. The quantitative estimate of drug-likeness (QED) is 0.786. The number of hydrogen-bond acceptors (Lipinski definition) is 5. The Morgan fingerprint density at radius 1 is 1.16 bits per heavy atom. The van der Waals surface area contributed by atoms with Crippen molar-refractivity contribution in [1.82, 2.24) is 15.2 Å². The van der Waals surface area contributed by atoms with E-state index in [2.05, 4.69) is 36.0 Å². The maximum absolute atomic E-state index is 12.7. The number of amides is 2. The molecule has 1 aromatic heterocycles. The molecule has 166 valence electrons. The largest absolute Gasteiger partial charge is 0.415 e. The van der Waals surface area contributed by atoms with Gasteiger partial charge in [-0.25, -0.2) is 4.79 Å². The number of pyridine rings is 1. The molecule has 1 aliphatic heterocycles. The third-order valence-electron chi connectivity index (χ3n) is 5.36. The van der Waals surface area contributed by atoms with E-state index in [0.29, 0.717) is 30.9 Å². The van der Waals surface area contributed by atoms with Crippen molar-refractivity contribution < 1.29 is 14.3 Å². The molecule has 7 nitrogen and oxygen atoms in total. The van der Waals surface area contributed by atoms with Gasteiger partial charge in [-0.15, -0.1) is 0 Å². The van der Waals surface area contributed by atoms with Crippen LogP contribution in [0, 0.1) is 5.41 Å². The van der Waals surface area contributed by atoms with E-state index >= 15 is 0 Å². The van der Waals surface area contributed by atoms with Gasteiger partial charge >= 0.3 is 6.09 Å². The number of benzene rings is 1. The van der Waals surface area contributed by atoms with Crippen LogP contribution in [0.3, 0.4) is 0 Å². The van der Waals surface area contributed by atoms with E-state index in [-0.39, 0.29) is 23.5 Å². The molecule has 1 N–H and O–H groups in total. The molecule has 1 atom stereocenters. The van der Waals surface area contributed by atoms with Gasteiger partial charge in [0.25, 0.3) is 5.91 Å². The number of nitrogens with zero attached hydrogens (tertiary/aromatic N) is 3. The third-order valence-corrected chi connectivity index (χ3v) is 5.36. The molecule has 2 amide bonds. The highest BCUT2D eigenvalue weighted by molar-refractivity contribution is 5.94. The summed E-state index contributed by atoms with van der Waals surface area (Å²) in [5.74, 6) is 0.306. The third kappa shape index (κ3) is 6.44. The average molecular weight is 425 g/mol. The molecule has 0 spiro atoms. The minimum absolute atomic E-state index is 0.00863. The molecule has 1 aromatic carbocycles. The molecule has 7 heteroatoms. The number of aromatic nitrogens is 1. The Bertz CT molecular complexity index is 878. The lowest BCUT2D eigenvalue weighted by molar-refractivity contribution is 0.0949. The number of rotatable bonds is 5. The summed E-state index contributed by atoms with van der Waals surface area (Å²) >= 11 is 0. The molecular formula is C24H32N4O3. The second-order valence-electron chi connectivity index (χ2n) is 9.16. The number of nitrogens with one attached hydrogen (secondary N) is 1. The highest BCUT2D eigenvalue weighted by Gasteiger charge is 2.29. The maximum Gasteiger partial charge on any atom is 0.415 e. The maximum atomic E-state index is 12.7. The summed E-state index contributed by atoms with van der Waals surface area (Å²) in [6.45, 7) is 11.1. The van der Waals surface area contributed by atoms with Gasteiger partial charge in [0.15, 0.2) is 0 Å². The van der Waals surface area contributed by atoms with Crippen LogP contribution >= 0.6 is 0 Å². The fraction of sp³-hybridized carbons (Fsp3) is 0.458. The van der Waals surface area contributed by atoms with Gasteiger partial charge < -0.3 is 19.9 Å². The summed E-state index contributed by atoms with van der Waals surface area (Å²) in [5.41, 5.74) is 1.78. The van der Waals surface area contributed by atoms with E-state index in [0.717, 1.165) is 18.7 Å². The van der Waals surface area contributed by atoms with Gasteiger partial charge in [0.05, 0.1) is 11.9 Å². The zero-order chi connectivity index (χ0) is 22.4. The van der Waals surface area contributed by atoms with Gasteiger partial charge in [-0.2, -0.15) is 0 Å². The molecule has 2 aromatic rings. The molecular weight excluding hydrogens is 392 g/mol. The van der Waals surface area contributed by atoms with Gasteiger partial charge in [-0.3, -0.25) is 9.78 Å². The number of hydrogen-bond donors (Lipinski definition) is 1. The van der Waals surface area contributed by atoms with Gasteiger partial charge in [0, 0.05) is 44.0 Å². The monoisotopic (exact) mass is 424 g/mol. The van der Waals surface area contributed by atoms with Crippen LogP contribution in [0.1, 0.15) is 44.5 Å². The first-order valence-corrected chi connectivity index (χ1v) is 10.7. The number of carbonyl (C=O) groups excluding carboxylic acids is 2. The predicted molar refractivity (Wildman–Crippen MR) is 121 cm³/mol. The molecule has 31 heavy (non-hydrogen) atoms. The molecule has 2 heterocycles. The Labute approximate surface area is 184 Å². The Morgan fingerprint density at radius 2 is 1.90 bits per heavy atom. The Morgan fingerprint density at radius 3 is 2.52 bits per heavy atom. The lowest BCUT2D eigenvalue weighted by atomic mass is 9.92. The van der Waals surface area contributed by atoms with Crippen molar-refractivity contribution >= 4 is 17.7 Å². The van der Waals surface area contributed by atoms with Gasteiger partial charge in [0.1, 0.15) is 5.75 Å². The van der Waals surface area contributed by atoms with Crippen LogP contribution in [0.15, 0.2) is 48.8 Å². The van der Waals surface area contributed by atoms with Crippen LogP contribution in [0.25, 0.3) is 0 Å². The smallest absolute Gasteiger partial charge is 0.410 e. The first-order chi connectivity index (χ1) is 14.7. The number of ether oxygens (including phenoxy) is 1. The normalized spacial score (nSPS) is 16.7. The highest BCUT2D eigenvalue weighted by atomic mass is 16.6. The van der Waals surface area contributed by atoms with Crippen molar-refractivity contribution in [3.63, 3.8) is 0 Å². The van der Waals surface area contributed by atoms with Gasteiger partial charge in [-0.05, 0) is 55.2 Å². The Kier molecular flexibility index (Phi) is 7.15. The van der Waals surface area contributed by atoms with Crippen LogP contribution in [-0.2, 0) is 0 Å². The van der Waals surface area contributed by atoms with E-state index in [1.54, 1.807) is 35.4 Å². The molecule has 3 rings (SSSR count). The zero-order valence-corrected chi connectivity index (χ0v) is 18.8. The first-order valence-electron chi connectivity index (χ1n) is 10.7. The Balaban J connectivity index is 1.51. The standard InChI is InChI=1S/C24H32N4O3/c1-18-17-27(20-6-5-12-25-16-20)14-15-28(18)23(30)31-21-9-7-19(8-10-21)22(29)26-13-11-24(2,3)4/h5-10,12,16,18H,11,13-15,17H2,1-4H3,(H,26,29). The van der Waals surface area contributed by atoms with Crippen molar-refractivity contribution in [2.75, 3.05) is 31.1 Å². The van der Waals surface area contributed by atoms with E-state index in [1.807, 2.05) is 25.3 Å². The van der Waals surface area contributed by atoms with Crippen LogP contribution < -0.4 is 15.0 Å². The number of carbonyl (C=O) groups is 2. The lowest BCUT2D eigenvalue weighted by Crippen LogP contribution is -2.54. The van der Waals surface area contributed by atoms with Crippen molar-refractivity contribution in [2.24, 2.45) is 5.41 Å². The van der Waals surface area contributed by atoms with E-state index in [4.69, 9.17) is 4.74 Å². The van der Waals surface area contributed by atoms with E-state index < -0.39 is 0 Å². The first kappa shape index (κ1) is 22.6. The SMILES string of the molecule is CC1CN(c2cccnc2)CCN1C(=O)Oc1ccc(C(=O)NCCC(C)(C)C)cc1.